The van der Waals surface area contributed by atoms with Crippen molar-refractivity contribution in [2.24, 2.45) is 13.0 Å². The van der Waals surface area contributed by atoms with Gasteiger partial charge in [-0.05, 0) is 36.0 Å². The number of nitrogens with zero attached hydrogens (tertiary/aromatic N) is 2. The molecule has 2 aromatic rings. The average Bonchev–Trinajstić information content (AvgIpc) is 2.92. The van der Waals surface area contributed by atoms with Crippen LogP contribution in [0.5, 0.6) is 0 Å². The van der Waals surface area contributed by atoms with E-state index in [1.807, 2.05) is 25.4 Å². The third kappa shape index (κ3) is 1.43. The molecule has 0 bridgehead atoms. The van der Waals surface area contributed by atoms with Crippen molar-refractivity contribution in [3.8, 4) is 0 Å². The van der Waals surface area contributed by atoms with Crippen molar-refractivity contribution >= 4 is 22.5 Å². The summed E-state index contributed by atoms with van der Waals surface area (Å²) in [4.78, 5) is 0. The van der Waals surface area contributed by atoms with Gasteiger partial charge in [-0.15, -0.1) is 0 Å². The number of aromatic nitrogens is 2. The lowest BCUT2D eigenvalue weighted by Gasteiger charge is -2.04. The van der Waals surface area contributed by atoms with Crippen LogP contribution in [0.15, 0.2) is 18.3 Å². The molecular formula is C12H13ClN2O. The molecule has 0 amide bonds. The van der Waals surface area contributed by atoms with E-state index in [0.717, 1.165) is 27.9 Å². The standard InChI is InChI=1S/C12H13ClN2O/c1-15-5-9-11(14-15)3-2-10(13)12(9)8-4-7(8)6-16/h2-3,5,7-8,16H,4,6H2,1H3. The van der Waals surface area contributed by atoms with Gasteiger partial charge in [-0.25, -0.2) is 0 Å². The predicted molar refractivity (Wildman–Crippen MR) is 63.7 cm³/mol. The number of hydrogen-bond acceptors (Lipinski definition) is 2. The number of fused-ring (bicyclic) bond motifs is 1. The minimum absolute atomic E-state index is 0.248. The van der Waals surface area contributed by atoms with E-state index in [-0.39, 0.29) is 6.61 Å². The molecule has 1 heterocycles. The molecule has 84 valence electrons. The fraction of sp³-hybridized carbons (Fsp3) is 0.417. The minimum atomic E-state index is 0.248. The Morgan fingerprint density at radius 1 is 1.56 bits per heavy atom. The Balaban J connectivity index is 2.17. The summed E-state index contributed by atoms with van der Waals surface area (Å²) >= 11 is 6.25. The normalized spacial score (nSPS) is 23.9. The van der Waals surface area contributed by atoms with Crippen LogP contribution in [0.25, 0.3) is 10.9 Å². The van der Waals surface area contributed by atoms with Crippen LogP contribution in [-0.4, -0.2) is 21.5 Å². The third-order valence-corrected chi connectivity index (χ3v) is 3.65. The molecule has 1 saturated carbocycles. The summed E-state index contributed by atoms with van der Waals surface area (Å²) in [6.45, 7) is 0.248. The Labute approximate surface area is 98.6 Å². The zero-order valence-corrected chi connectivity index (χ0v) is 9.78. The molecule has 1 N–H and O–H groups in total. The molecule has 0 radical (unpaired) electrons. The first kappa shape index (κ1) is 10.1. The molecule has 1 fully saturated rings. The lowest BCUT2D eigenvalue weighted by Crippen LogP contribution is -1.90. The van der Waals surface area contributed by atoms with Crippen LogP contribution in [0.3, 0.4) is 0 Å². The van der Waals surface area contributed by atoms with Gasteiger partial charge in [0.25, 0.3) is 0 Å². The second kappa shape index (κ2) is 3.47. The number of aliphatic hydroxyl groups excluding tert-OH is 1. The summed E-state index contributed by atoms with van der Waals surface area (Å²) in [5.41, 5.74) is 2.14. The maximum atomic E-state index is 9.14. The fourth-order valence-corrected chi connectivity index (χ4v) is 2.69. The Bertz CT molecular complexity index is 549. The van der Waals surface area contributed by atoms with E-state index in [9.17, 15) is 0 Å². The fourth-order valence-electron chi connectivity index (χ4n) is 2.39. The summed E-state index contributed by atoms with van der Waals surface area (Å²) < 4.78 is 1.81. The lowest BCUT2D eigenvalue weighted by atomic mass is 10.0. The average molecular weight is 237 g/mol. The van der Waals surface area contributed by atoms with Crippen LogP contribution in [-0.2, 0) is 7.05 Å². The number of aryl methyl sites for hydroxylation is 1. The van der Waals surface area contributed by atoms with Gasteiger partial charge in [0.15, 0.2) is 0 Å². The van der Waals surface area contributed by atoms with Crippen molar-refractivity contribution in [2.75, 3.05) is 6.61 Å². The summed E-state index contributed by atoms with van der Waals surface area (Å²) in [6, 6.07) is 3.84. The molecule has 1 aliphatic rings. The van der Waals surface area contributed by atoms with Crippen molar-refractivity contribution in [1.82, 2.24) is 9.78 Å². The van der Waals surface area contributed by atoms with E-state index in [1.165, 1.54) is 0 Å². The molecule has 1 aromatic carbocycles. The monoisotopic (exact) mass is 236 g/mol. The van der Waals surface area contributed by atoms with E-state index in [2.05, 4.69) is 5.10 Å². The summed E-state index contributed by atoms with van der Waals surface area (Å²) in [5.74, 6) is 0.786. The van der Waals surface area contributed by atoms with Gasteiger partial charge in [-0.1, -0.05) is 11.6 Å². The van der Waals surface area contributed by atoms with Crippen LogP contribution in [0.4, 0.5) is 0 Å². The van der Waals surface area contributed by atoms with Crippen molar-refractivity contribution < 1.29 is 5.11 Å². The summed E-state index contributed by atoms with van der Waals surface area (Å²) in [7, 11) is 1.91. The van der Waals surface area contributed by atoms with Crippen molar-refractivity contribution in [1.29, 1.82) is 0 Å². The number of hydrogen-bond donors (Lipinski definition) is 1. The van der Waals surface area contributed by atoms with Gasteiger partial charge in [-0.2, -0.15) is 5.10 Å². The molecule has 0 spiro atoms. The maximum absolute atomic E-state index is 9.14. The molecule has 3 nitrogen and oxygen atoms in total. The Kier molecular flexibility index (Phi) is 2.19. The Hall–Kier alpha value is -1.06. The van der Waals surface area contributed by atoms with Crippen LogP contribution < -0.4 is 0 Å². The van der Waals surface area contributed by atoms with Gasteiger partial charge in [0.1, 0.15) is 0 Å². The lowest BCUT2D eigenvalue weighted by molar-refractivity contribution is 0.274. The molecule has 0 saturated heterocycles. The van der Waals surface area contributed by atoms with Crippen molar-refractivity contribution in [3.05, 3.63) is 28.9 Å². The Morgan fingerprint density at radius 3 is 3.06 bits per heavy atom. The van der Waals surface area contributed by atoms with Gasteiger partial charge in [0.05, 0.1) is 5.52 Å². The zero-order chi connectivity index (χ0) is 11.3. The zero-order valence-electron chi connectivity index (χ0n) is 9.02. The van der Waals surface area contributed by atoms with E-state index < -0.39 is 0 Å². The van der Waals surface area contributed by atoms with Crippen LogP contribution in [0, 0.1) is 5.92 Å². The van der Waals surface area contributed by atoms with Crippen LogP contribution in [0.2, 0.25) is 5.02 Å². The molecular weight excluding hydrogens is 224 g/mol. The first-order valence-electron chi connectivity index (χ1n) is 5.43. The molecule has 0 aliphatic heterocycles. The summed E-state index contributed by atoms with van der Waals surface area (Å²) in [5, 5.41) is 15.4. The van der Waals surface area contributed by atoms with Gasteiger partial charge in [-0.3, -0.25) is 4.68 Å². The van der Waals surface area contributed by atoms with Gasteiger partial charge >= 0.3 is 0 Å². The summed E-state index contributed by atoms with van der Waals surface area (Å²) in [6.07, 6.45) is 3.04. The highest BCUT2D eigenvalue weighted by atomic mass is 35.5. The Morgan fingerprint density at radius 2 is 2.38 bits per heavy atom. The second-order valence-electron chi connectivity index (χ2n) is 4.48. The first-order valence-corrected chi connectivity index (χ1v) is 5.81. The van der Waals surface area contributed by atoms with E-state index in [4.69, 9.17) is 16.7 Å². The van der Waals surface area contributed by atoms with Gasteiger partial charge in [0, 0.05) is 30.3 Å². The highest BCUT2D eigenvalue weighted by Gasteiger charge is 2.40. The quantitative estimate of drug-likeness (QED) is 0.869. The molecule has 1 aromatic heterocycles. The molecule has 16 heavy (non-hydrogen) atoms. The highest BCUT2D eigenvalue weighted by Crippen LogP contribution is 2.51. The van der Waals surface area contributed by atoms with E-state index >= 15 is 0 Å². The van der Waals surface area contributed by atoms with E-state index in [0.29, 0.717) is 11.8 Å². The molecule has 2 unspecified atom stereocenters. The van der Waals surface area contributed by atoms with Crippen LogP contribution in [0.1, 0.15) is 17.9 Å². The molecule has 1 aliphatic carbocycles. The number of rotatable bonds is 2. The second-order valence-corrected chi connectivity index (χ2v) is 4.89. The smallest absolute Gasteiger partial charge is 0.0927 e. The third-order valence-electron chi connectivity index (χ3n) is 3.32. The van der Waals surface area contributed by atoms with Crippen molar-refractivity contribution in [3.63, 3.8) is 0 Å². The SMILES string of the molecule is Cn1cc2c(C3CC3CO)c(Cl)ccc2n1. The molecule has 2 atom stereocenters. The highest BCUT2D eigenvalue weighted by molar-refractivity contribution is 6.32. The first-order chi connectivity index (χ1) is 7.70. The van der Waals surface area contributed by atoms with Gasteiger partial charge in [0.2, 0.25) is 0 Å². The van der Waals surface area contributed by atoms with Crippen molar-refractivity contribution in [2.45, 2.75) is 12.3 Å². The minimum Gasteiger partial charge on any atom is -0.396 e. The maximum Gasteiger partial charge on any atom is 0.0927 e. The topological polar surface area (TPSA) is 38.0 Å². The van der Waals surface area contributed by atoms with E-state index in [1.54, 1.807) is 4.68 Å². The number of halogens is 1. The van der Waals surface area contributed by atoms with Crippen LogP contribution >= 0.6 is 11.6 Å². The predicted octanol–water partition coefficient (Wildman–Crippen LogP) is 2.32. The largest absolute Gasteiger partial charge is 0.396 e. The van der Waals surface area contributed by atoms with Gasteiger partial charge < -0.3 is 5.11 Å². The molecule has 4 heteroatoms. The number of aliphatic hydroxyl groups is 1. The number of benzene rings is 1. The molecule has 3 rings (SSSR count).